The van der Waals surface area contributed by atoms with Crippen LogP contribution in [0.15, 0.2) is 42.5 Å². The fourth-order valence-corrected chi connectivity index (χ4v) is 4.75. The Balaban J connectivity index is 1.29. The van der Waals surface area contributed by atoms with Crippen LogP contribution in [0.25, 0.3) is 0 Å². The molecule has 2 aliphatic rings. The number of benzene rings is 2. The number of fused-ring (bicyclic) bond motifs is 1. The first-order valence-electron chi connectivity index (χ1n) is 10.8. The summed E-state index contributed by atoms with van der Waals surface area (Å²) in [5, 5.41) is 6.19. The van der Waals surface area contributed by atoms with Crippen molar-refractivity contribution in [2.24, 2.45) is 11.8 Å². The summed E-state index contributed by atoms with van der Waals surface area (Å²) in [4.78, 5) is 27.1. The van der Waals surface area contributed by atoms with Crippen molar-refractivity contribution in [1.82, 2.24) is 10.6 Å². The minimum Gasteiger partial charge on any atom is -0.484 e. The van der Waals surface area contributed by atoms with E-state index < -0.39 is 5.82 Å². The molecule has 0 radical (unpaired) electrons. The van der Waals surface area contributed by atoms with E-state index in [1.807, 2.05) is 43.3 Å². The monoisotopic (exact) mass is 459 g/mol. The average molecular weight is 460 g/mol. The van der Waals surface area contributed by atoms with Gasteiger partial charge in [0.25, 0.3) is 11.8 Å². The molecule has 3 unspecified atom stereocenters. The number of carbonyl (C=O) groups excluding carboxylic acids is 2. The largest absolute Gasteiger partial charge is 0.484 e. The number of amides is 2. The SMILES string of the molecule is CN(C)c1ccc(C(=O)NC2C[C@H](NC(=O)COc3ccc(Cl)c(F)c3)C3CCC23)cc1. The van der Waals surface area contributed by atoms with Gasteiger partial charge in [0, 0.05) is 43.5 Å². The van der Waals surface area contributed by atoms with Crippen molar-refractivity contribution >= 4 is 29.1 Å². The molecule has 4 rings (SSSR count). The molecule has 0 bridgehead atoms. The predicted molar refractivity (Wildman–Crippen MR) is 122 cm³/mol. The highest BCUT2D eigenvalue weighted by Crippen LogP contribution is 2.47. The van der Waals surface area contributed by atoms with E-state index in [-0.39, 0.29) is 41.3 Å². The molecule has 6 nitrogen and oxygen atoms in total. The summed E-state index contributed by atoms with van der Waals surface area (Å²) >= 11 is 5.66. The van der Waals surface area contributed by atoms with Crippen molar-refractivity contribution in [2.45, 2.75) is 31.3 Å². The van der Waals surface area contributed by atoms with Crippen molar-refractivity contribution in [3.8, 4) is 5.75 Å². The van der Waals surface area contributed by atoms with Crippen molar-refractivity contribution in [2.75, 3.05) is 25.6 Å². The summed E-state index contributed by atoms with van der Waals surface area (Å²) in [6.07, 6.45) is 2.77. The van der Waals surface area contributed by atoms with Gasteiger partial charge in [-0.1, -0.05) is 11.6 Å². The lowest BCUT2D eigenvalue weighted by molar-refractivity contribution is -0.124. The zero-order chi connectivity index (χ0) is 22.8. The zero-order valence-electron chi connectivity index (χ0n) is 18.1. The molecule has 32 heavy (non-hydrogen) atoms. The second-order valence-corrected chi connectivity index (χ2v) is 9.11. The Morgan fingerprint density at radius 2 is 1.72 bits per heavy atom. The highest BCUT2D eigenvalue weighted by molar-refractivity contribution is 6.30. The van der Waals surface area contributed by atoms with Gasteiger partial charge in [-0.25, -0.2) is 4.39 Å². The number of hydrogen-bond donors (Lipinski definition) is 2. The number of rotatable bonds is 7. The molecule has 0 heterocycles. The maximum Gasteiger partial charge on any atom is 0.258 e. The number of hydrogen-bond acceptors (Lipinski definition) is 4. The molecule has 2 saturated carbocycles. The molecular weight excluding hydrogens is 433 g/mol. The minimum atomic E-state index is -0.590. The van der Waals surface area contributed by atoms with Crippen LogP contribution in [0.1, 0.15) is 29.6 Å². The van der Waals surface area contributed by atoms with Crippen LogP contribution in [0.3, 0.4) is 0 Å². The van der Waals surface area contributed by atoms with E-state index >= 15 is 0 Å². The second kappa shape index (κ2) is 9.36. The third-order valence-corrected chi connectivity index (χ3v) is 6.80. The van der Waals surface area contributed by atoms with Crippen molar-refractivity contribution < 1.29 is 18.7 Å². The summed E-state index contributed by atoms with van der Waals surface area (Å²) in [5.41, 5.74) is 1.66. The van der Waals surface area contributed by atoms with Crippen LogP contribution >= 0.6 is 11.6 Å². The Morgan fingerprint density at radius 3 is 2.31 bits per heavy atom. The van der Waals surface area contributed by atoms with Crippen LogP contribution in [-0.4, -0.2) is 44.6 Å². The van der Waals surface area contributed by atoms with Gasteiger partial charge in [-0.2, -0.15) is 0 Å². The van der Waals surface area contributed by atoms with Gasteiger partial charge < -0.3 is 20.3 Å². The number of halogens is 2. The Labute approximate surface area is 192 Å². The number of nitrogens with zero attached hydrogens (tertiary/aromatic N) is 1. The molecule has 2 amide bonds. The van der Waals surface area contributed by atoms with E-state index in [1.54, 1.807) is 0 Å². The Kier molecular flexibility index (Phi) is 6.55. The van der Waals surface area contributed by atoms with Gasteiger partial charge in [0.15, 0.2) is 6.61 Å². The van der Waals surface area contributed by atoms with E-state index in [0.29, 0.717) is 23.8 Å². The zero-order valence-corrected chi connectivity index (χ0v) is 18.9. The standard InChI is InChI=1S/C24H27ClFN3O3/c1-29(2)15-5-3-14(4-6-15)24(31)28-22-12-21(17-8-9-18(17)22)27-23(30)13-32-16-7-10-19(25)20(26)11-16/h3-7,10-11,17-18,21-22H,8-9,12-13H2,1-2H3,(H,27,30)(H,28,31)/t17?,18?,21-,22?/m0/s1. The van der Waals surface area contributed by atoms with Gasteiger partial charge in [-0.05, 0) is 67.5 Å². The predicted octanol–water partition coefficient (Wildman–Crippen LogP) is 3.64. The minimum absolute atomic E-state index is 0.00511. The Morgan fingerprint density at radius 1 is 1.06 bits per heavy atom. The lowest BCUT2D eigenvalue weighted by atomic mass is 9.73. The number of ether oxygens (including phenoxy) is 1. The van der Waals surface area contributed by atoms with Gasteiger partial charge in [-0.15, -0.1) is 0 Å². The molecular formula is C24H27ClFN3O3. The normalized spacial score (nSPS) is 23.6. The molecule has 0 aliphatic heterocycles. The van der Waals surface area contributed by atoms with Crippen molar-refractivity contribution in [3.63, 3.8) is 0 Å². The van der Waals surface area contributed by atoms with Gasteiger partial charge >= 0.3 is 0 Å². The fraction of sp³-hybridized carbons (Fsp3) is 0.417. The van der Waals surface area contributed by atoms with Gasteiger partial charge in [0.2, 0.25) is 0 Å². The third kappa shape index (κ3) is 4.83. The summed E-state index contributed by atoms with van der Waals surface area (Å²) in [6, 6.07) is 11.6. The summed E-state index contributed by atoms with van der Waals surface area (Å²) in [7, 11) is 3.91. The Hall–Kier alpha value is -2.80. The van der Waals surface area contributed by atoms with Crippen LogP contribution in [0.2, 0.25) is 5.02 Å². The molecule has 2 aromatic carbocycles. The van der Waals surface area contributed by atoms with Crippen LogP contribution < -0.4 is 20.3 Å². The summed E-state index contributed by atoms with van der Waals surface area (Å²) in [5.74, 6) is 0.0336. The first-order valence-corrected chi connectivity index (χ1v) is 11.1. The highest BCUT2D eigenvalue weighted by atomic mass is 35.5. The summed E-state index contributed by atoms with van der Waals surface area (Å²) in [6.45, 7) is -0.204. The molecule has 170 valence electrons. The van der Waals surface area contributed by atoms with E-state index in [2.05, 4.69) is 10.6 Å². The molecule has 8 heteroatoms. The topological polar surface area (TPSA) is 70.7 Å². The number of carbonyl (C=O) groups is 2. The fourth-order valence-electron chi connectivity index (χ4n) is 4.63. The van der Waals surface area contributed by atoms with Crippen LogP contribution in [0.4, 0.5) is 10.1 Å². The first kappa shape index (κ1) is 22.4. The quantitative estimate of drug-likeness (QED) is 0.663. The highest BCUT2D eigenvalue weighted by Gasteiger charge is 2.49. The van der Waals surface area contributed by atoms with E-state index in [4.69, 9.17) is 16.3 Å². The van der Waals surface area contributed by atoms with Gasteiger partial charge in [0.05, 0.1) is 5.02 Å². The van der Waals surface area contributed by atoms with Crippen molar-refractivity contribution in [3.05, 3.63) is 58.9 Å². The molecule has 2 aliphatic carbocycles. The number of anilines is 1. The second-order valence-electron chi connectivity index (χ2n) is 8.70. The maximum atomic E-state index is 13.5. The molecule has 4 atom stereocenters. The number of nitrogens with one attached hydrogen (secondary N) is 2. The van der Waals surface area contributed by atoms with E-state index in [1.165, 1.54) is 12.1 Å². The lowest BCUT2D eigenvalue weighted by Crippen LogP contribution is -2.44. The van der Waals surface area contributed by atoms with E-state index in [9.17, 15) is 14.0 Å². The molecule has 0 spiro atoms. The third-order valence-electron chi connectivity index (χ3n) is 6.49. The summed E-state index contributed by atoms with van der Waals surface area (Å²) < 4.78 is 18.9. The molecule has 0 aromatic heterocycles. The van der Waals surface area contributed by atoms with Gasteiger partial charge in [-0.3, -0.25) is 9.59 Å². The lowest BCUT2D eigenvalue weighted by Gasteiger charge is -2.36. The molecule has 2 N–H and O–H groups in total. The van der Waals surface area contributed by atoms with Crippen LogP contribution in [-0.2, 0) is 4.79 Å². The van der Waals surface area contributed by atoms with Crippen LogP contribution in [0, 0.1) is 17.7 Å². The maximum absolute atomic E-state index is 13.5. The van der Waals surface area contributed by atoms with Crippen LogP contribution in [0.5, 0.6) is 5.75 Å². The first-order chi connectivity index (χ1) is 15.3. The Bertz CT molecular complexity index is 998. The molecule has 2 aromatic rings. The van der Waals surface area contributed by atoms with Crippen molar-refractivity contribution in [1.29, 1.82) is 0 Å². The average Bonchev–Trinajstić information content (AvgIpc) is 2.96. The smallest absolute Gasteiger partial charge is 0.258 e. The molecule has 2 fully saturated rings. The van der Waals surface area contributed by atoms with Gasteiger partial charge in [0.1, 0.15) is 11.6 Å². The molecule has 0 saturated heterocycles. The van der Waals surface area contributed by atoms with E-state index in [0.717, 1.165) is 24.6 Å².